The molecule has 1 aromatic heterocycles. The number of fused-ring (bicyclic) bond motifs is 1. The Morgan fingerprint density at radius 2 is 1.96 bits per heavy atom. The van der Waals surface area contributed by atoms with Gasteiger partial charge in [0.2, 0.25) is 0 Å². The van der Waals surface area contributed by atoms with E-state index in [2.05, 4.69) is 5.32 Å². The molecule has 0 aliphatic heterocycles. The Morgan fingerprint density at radius 1 is 1.23 bits per heavy atom. The zero-order valence-corrected chi connectivity index (χ0v) is 15.4. The van der Waals surface area contributed by atoms with E-state index in [-0.39, 0.29) is 31.0 Å². The molecular formula is C19H25ClN2O4. The fraction of sp³-hybridized carbons (Fsp3) is 0.474. The number of nitrogens with two attached hydrogens (primary N) is 1. The molecule has 1 aromatic carbocycles. The van der Waals surface area contributed by atoms with Crippen LogP contribution in [0.2, 0.25) is 0 Å². The summed E-state index contributed by atoms with van der Waals surface area (Å²) in [5, 5.41) is 3.79. The molecule has 1 heterocycles. The fourth-order valence-corrected chi connectivity index (χ4v) is 3.43. The molecule has 3 rings (SSSR count). The van der Waals surface area contributed by atoms with Crippen LogP contribution in [0.15, 0.2) is 39.5 Å². The van der Waals surface area contributed by atoms with Crippen molar-refractivity contribution in [2.45, 2.75) is 38.1 Å². The lowest BCUT2D eigenvalue weighted by Crippen LogP contribution is -2.47. The van der Waals surface area contributed by atoms with Gasteiger partial charge in [-0.05, 0) is 37.0 Å². The van der Waals surface area contributed by atoms with Gasteiger partial charge in [-0.1, -0.05) is 19.3 Å². The number of carbonyl (C=O) groups excluding carboxylic acids is 1. The van der Waals surface area contributed by atoms with Crippen molar-refractivity contribution in [1.29, 1.82) is 0 Å². The highest BCUT2D eigenvalue weighted by Gasteiger charge is 2.24. The quantitative estimate of drug-likeness (QED) is 0.751. The van der Waals surface area contributed by atoms with E-state index in [1.54, 1.807) is 24.3 Å². The van der Waals surface area contributed by atoms with Crippen LogP contribution in [0.4, 0.5) is 0 Å². The Kier molecular flexibility index (Phi) is 7.48. The molecule has 26 heavy (non-hydrogen) atoms. The molecule has 1 unspecified atom stereocenters. The molecule has 1 aliphatic carbocycles. The van der Waals surface area contributed by atoms with Crippen LogP contribution in [-0.2, 0) is 4.79 Å². The fourth-order valence-electron chi connectivity index (χ4n) is 3.43. The Hall–Kier alpha value is -2.05. The largest absolute Gasteiger partial charge is 0.484 e. The minimum Gasteiger partial charge on any atom is -0.484 e. The van der Waals surface area contributed by atoms with Gasteiger partial charge in [0.05, 0.1) is 0 Å². The normalized spacial score (nSPS) is 15.9. The van der Waals surface area contributed by atoms with E-state index < -0.39 is 5.63 Å². The molecule has 1 atom stereocenters. The van der Waals surface area contributed by atoms with E-state index in [0.29, 0.717) is 23.8 Å². The molecule has 0 bridgehead atoms. The van der Waals surface area contributed by atoms with Gasteiger partial charge in [0.25, 0.3) is 5.91 Å². The summed E-state index contributed by atoms with van der Waals surface area (Å²) < 4.78 is 10.7. The van der Waals surface area contributed by atoms with Crippen molar-refractivity contribution < 1.29 is 13.9 Å². The Labute approximate surface area is 158 Å². The van der Waals surface area contributed by atoms with Gasteiger partial charge in [-0.3, -0.25) is 4.79 Å². The number of benzene rings is 1. The zero-order chi connectivity index (χ0) is 17.6. The predicted molar refractivity (Wildman–Crippen MR) is 103 cm³/mol. The Bertz CT molecular complexity index is 786. The van der Waals surface area contributed by atoms with Crippen molar-refractivity contribution in [2.75, 3.05) is 13.2 Å². The summed E-state index contributed by atoms with van der Waals surface area (Å²) in [6.45, 7) is 0.351. The van der Waals surface area contributed by atoms with E-state index in [1.165, 1.54) is 25.3 Å². The van der Waals surface area contributed by atoms with Gasteiger partial charge in [-0.15, -0.1) is 12.4 Å². The third kappa shape index (κ3) is 5.22. The summed E-state index contributed by atoms with van der Waals surface area (Å²) in [4.78, 5) is 23.5. The lowest BCUT2D eigenvalue weighted by Gasteiger charge is -2.30. The van der Waals surface area contributed by atoms with E-state index in [0.717, 1.165) is 18.2 Å². The second kappa shape index (κ2) is 9.59. The number of nitrogens with one attached hydrogen (secondary N) is 1. The second-order valence-electron chi connectivity index (χ2n) is 6.55. The number of hydrogen-bond acceptors (Lipinski definition) is 5. The van der Waals surface area contributed by atoms with Crippen molar-refractivity contribution in [1.82, 2.24) is 5.32 Å². The van der Waals surface area contributed by atoms with E-state index >= 15 is 0 Å². The third-order valence-electron chi connectivity index (χ3n) is 4.78. The molecular weight excluding hydrogens is 356 g/mol. The smallest absolute Gasteiger partial charge is 0.336 e. The van der Waals surface area contributed by atoms with E-state index in [9.17, 15) is 9.59 Å². The Morgan fingerprint density at radius 3 is 2.69 bits per heavy atom. The van der Waals surface area contributed by atoms with Gasteiger partial charge in [-0.25, -0.2) is 4.79 Å². The number of halogens is 1. The molecule has 7 heteroatoms. The topological polar surface area (TPSA) is 94.6 Å². The molecule has 1 amide bonds. The number of rotatable bonds is 6. The molecule has 1 saturated carbocycles. The minimum absolute atomic E-state index is 0. The lowest BCUT2D eigenvalue weighted by molar-refractivity contribution is -0.124. The molecule has 6 nitrogen and oxygen atoms in total. The maximum absolute atomic E-state index is 12.2. The van der Waals surface area contributed by atoms with Gasteiger partial charge in [0.1, 0.15) is 11.3 Å². The highest BCUT2D eigenvalue weighted by molar-refractivity contribution is 5.85. The average Bonchev–Trinajstić information content (AvgIpc) is 2.64. The summed E-state index contributed by atoms with van der Waals surface area (Å²) in [6.07, 6.45) is 5.91. The third-order valence-corrected chi connectivity index (χ3v) is 4.78. The van der Waals surface area contributed by atoms with Gasteiger partial charge in [0, 0.05) is 30.1 Å². The summed E-state index contributed by atoms with van der Waals surface area (Å²) in [6, 6.07) is 8.22. The summed E-state index contributed by atoms with van der Waals surface area (Å²) in [5.41, 5.74) is 5.86. The number of ether oxygens (including phenoxy) is 1. The van der Waals surface area contributed by atoms with Crippen LogP contribution >= 0.6 is 12.4 Å². The van der Waals surface area contributed by atoms with Crippen molar-refractivity contribution in [2.24, 2.45) is 11.7 Å². The van der Waals surface area contributed by atoms with Crippen LogP contribution in [0.1, 0.15) is 32.1 Å². The number of amides is 1. The van der Waals surface area contributed by atoms with E-state index in [1.807, 2.05) is 0 Å². The maximum atomic E-state index is 12.2. The predicted octanol–water partition coefficient (Wildman–Crippen LogP) is 2.62. The van der Waals surface area contributed by atoms with Gasteiger partial charge >= 0.3 is 5.63 Å². The number of carbonyl (C=O) groups is 1. The highest BCUT2D eigenvalue weighted by Crippen LogP contribution is 2.26. The molecule has 0 saturated heterocycles. The van der Waals surface area contributed by atoms with Crippen molar-refractivity contribution in [3.63, 3.8) is 0 Å². The van der Waals surface area contributed by atoms with Crippen molar-refractivity contribution in [3.05, 3.63) is 40.8 Å². The Balaban J connectivity index is 0.00000243. The summed E-state index contributed by atoms with van der Waals surface area (Å²) >= 11 is 0. The monoisotopic (exact) mass is 380 g/mol. The molecule has 1 fully saturated rings. The summed E-state index contributed by atoms with van der Waals surface area (Å²) in [5.74, 6) is 0.757. The summed E-state index contributed by atoms with van der Waals surface area (Å²) in [7, 11) is 0. The van der Waals surface area contributed by atoms with Gasteiger partial charge in [-0.2, -0.15) is 0 Å². The highest BCUT2D eigenvalue weighted by atomic mass is 35.5. The lowest BCUT2D eigenvalue weighted by atomic mass is 9.84. The first kappa shape index (κ1) is 20.3. The first-order valence-corrected chi connectivity index (χ1v) is 8.82. The molecule has 3 N–H and O–H groups in total. The van der Waals surface area contributed by atoms with Crippen LogP contribution in [0, 0.1) is 5.92 Å². The SMILES string of the molecule is Cl.NCC(NC(=O)COc1ccc2ccc(=O)oc2c1)C1CCCCC1. The zero-order valence-electron chi connectivity index (χ0n) is 14.6. The molecule has 2 aromatic rings. The van der Waals surface area contributed by atoms with Gasteiger partial charge < -0.3 is 20.2 Å². The van der Waals surface area contributed by atoms with Crippen LogP contribution < -0.4 is 21.4 Å². The first-order chi connectivity index (χ1) is 12.2. The molecule has 1 aliphatic rings. The van der Waals surface area contributed by atoms with Crippen LogP contribution in [0.3, 0.4) is 0 Å². The van der Waals surface area contributed by atoms with Crippen LogP contribution in [0.25, 0.3) is 11.0 Å². The first-order valence-electron chi connectivity index (χ1n) is 8.82. The molecule has 0 radical (unpaired) electrons. The van der Waals surface area contributed by atoms with Crippen LogP contribution in [0.5, 0.6) is 5.75 Å². The second-order valence-corrected chi connectivity index (χ2v) is 6.55. The average molecular weight is 381 g/mol. The van der Waals surface area contributed by atoms with Gasteiger partial charge in [0.15, 0.2) is 6.61 Å². The molecule has 0 spiro atoms. The molecule has 142 valence electrons. The van der Waals surface area contributed by atoms with E-state index in [4.69, 9.17) is 14.9 Å². The minimum atomic E-state index is -0.416. The standard InChI is InChI=1S/C19H24N2O4.ClH/c20-11-16(13-4-2-1-3-5-13)21-18(22)12-24-15-8-6-14-7-9-19(23)25-17(14)10-15;/h6-10,13,16H,1-5,11-12,20H2,(H,21,22);1H. The number of hydrogen-bond donors (Lipinski definition) is 2. The van der Waals surface area contributed by atoms with Crippen molar-refractivity contribution in [3.8, 4) is 5.75 Å². The van der Waals surface area contributed by atoms with Crippen LogP contribution in [-0.4, -0.2) is 25.1 Å². The van der Waals surface area contributed by atoms with Crippen molar-refractivity contribution >= 4 is 29.3 Å². The maximum Gasteiger partial charge on any atom is 0.336 e.